The first-order chi connectivity index (χ1) is 9.76. The van der Waals surface area contributed by atoms with Crippen LogP contribution in [0.5, 0.6) is 0 Å². The molecular formula is C17H23FN2O. The predicted molar refractivity (Wildman–Crippen MR) is 81.7 cm³/mol. The number of rotatable bonds is 1. The van der Waals surface area contributed by atoms with Crippen molar-refractivity contribution in [2.45, 2.75) is 46.1 Å². The maximum Gasteiger partial charge on any atom is 0.322 e. The Morgan fingerprint density at radius 1 is 1.33 bits per heavy atom. The van der Waals surface area contributed by atoms with Gasteiger partial charge in [0, 0.05) is 18.3 Å². The number of benzene rings is 1. The van der Waals surface area contributed by atoms with E-state index in [4.69, 9.17) is 0 Å². The summed E-state index contributed by atoms with van der Waals surface area (Å²) in [6, 6.07) is 6.25. The van der Waals surface area contributed by atoms with Crippen molar-refractivity contribution in [3.05, 3.63) is 30.1 Å². The van der Waals surface area contributed by atoms with Gasteiger partial charge in [-0.3, -0.25) is 0 Å². The minimum absolute atomic E-state index is 0.105. The number of anilines is 1. The minimum Gasteiger partial charge on any atom is -0.321 e. The third kappa shape index (κ3) is 2.89. The highest BCUT2D eigenvalue weighted by Gasteiger charge is 2.50. The molecule has 0 spiro atoms. The smallest absolute Gasteiger partial charge is 0.321 e. The second kappa shape index (κ2) is 4.72. The number of hydrogen-bond acceptors (Lipinski definition) is 1. The molecule has 2 atom stereocenters. The highest BCUT2D eigenvalue weighted by atomic mass is 19.1. The molecule has 21 heavy (non-hydrogen) atoms. The summed E-state index contributed by atoms with van der Waals surface area (Å²) >= 11 is 0. The summed E-state index contributed by atoms with van der Waals surface area (Å²) in [4.78, 5) is 14.5. The molecule has 2 aliphatic rings. The van der Waals surface area contributed by atoms with Gasteiger partial charge in [-0.05, 0) is 48.3 Å². The Morgan fingerprint density at radius 3 is 2.81 bits per heavy atom. The molecule has 1 aromatic carbocycles. The molecule has 3 rings (SSSR count). The zero-order valence-electron chi connectivity index (χ0n) is 12.9. The minimum atomic E-state index is -0.332. The maximum absolute atomic E-state index is 13.2. The number of fused-ring (bicyclic) bond motifs is 2. The van der Waals surface area contributed by atoms with E-state index in [0.717, 1.165) is 25.8 Å². The third-order valence-corrected chi connectivity index (χ3v) is 4.75. The van der Waals surface area contributed by atoms with Gasteiger partial charge in [0.1, 0.15) is 5.82 Å². The lowest BCUT2D eigenvalue weighted by Crippen LogP contribution is -2.40. The molecule has 1 saturated heterocycles. The molecule has 1 aliphatic heterocycles. The van der Waals surface area contributed by atoms with Crippen molar-refractivity contribution >= 4 is 11.7 Å². The molecule has 0 radical (unpaired) electrons. The molecule has 2 amide bonds. The molecule has 2 fully saturated rings. The van der Waals surface area contributed by atoms with Crippen LogP contribution < -0.4 is 5.32 Å². The molecule has 2 bridgehead atoms. The average Bonchev–Trinajstić information content (AvgIpc) is 2.58. The summed E-state index contributed by atoms with van der Waals surface area (Å²) in [5, 5.41) is 2.83. The fraction of sp³-hybridized carbons (Fsp3) is 0.588. The number of likely N-dealkylation sites (tertiary alicyclic amines) is 1. The van der Waals surface area contributed by atoms with Gasteiger partial charge < -0.3 is 10.2 Å². The van der Waals surface area contributed by atoms with Crippen molar-refractivity contribution in [1.82, 2.24) is 4.90 Å². The molecule has 114 valence electrons. The number of hydrogen-bond donors (Lipinski definition) is 1. The fourth-order valence-electron chi connectivity index (χ4n) is 4.46. The van der Waals surface area contributed by atoms with Crippen molar-refractivity contribution in [3.8, 4) is 0 Å². The Bertz CT molecular complexity index is 572. The zero-order valence-corrected chi connectivity index (χ0v) is 12.9. The lowest BCUT2D eigenvalue weighted by Gasteiger charge is -2.39. The molecule has 1 aromatic rings. The molecule has 1 heterocycles. The summed E-state index contributed by atoms with van der Waals surface area (Å²) in [7, 11) is 0. The van der Waals surface area contributed by atoms with Crippen molar-refractivity contribution in [3.63, 3.8) is 0 Å². The SMILES string of the molecule is CC1(C)CC2CC(C)(CN2C(=O)Nc2cccc(F)c2)C1. The summed E-state index contributed by atoms with van der Waals surface area (Å²) in [6.45, 7) is 7.63. The number of urea groups is 1. The largest absolute Gasteiger partial charge is 0.322 e. The fourth-order valence-corrected chi connectivity index (χ4v) is 4.46. The molecule has 1 N–H and O–H groups in total. The molecule has 1 saturated carbocycles. The number of nitrogens with one attached hydrogen (secondary N) is 1. The maximum atomic E-state index is 13.2. The van der Waals surface area contributed by atoms with Crippen molar-refractivity contribution < 1.29 is 9.18 Å². The normalized spacial score (nSPS) is 30.3. The van der Waals surface area contributed by atoms with Crippen LogP contribution in [0.3, 0.4) is 0 Å². The van der Waals surface area contributed by atoms with Crippen LogP contribution in [0.2, 0.25) is 0 Å². The van der Waals surface area contributed by atoms with E-state index in [2.05, 4.69) is 26.1 Å². The Kier molecular flexibility index (Phi) is 3.23. The first kappa shape index (κ1) is 14.4. The van der Waals surface area contributed by atoms with E-state index in [0.29, 0.717) is 11.7 Å². The second-order valence-electron chi connectivity index (χ2n) is 7.78. The molecule has 2 unspecified atom stereocenters. The van der Waals surface area contributed by atoms with Gasteiger partial charge in [-0.25, -0.2) is 9.18 Å². The van der Waals surface area contributed by atoms with Gasteiger partial charge in [-0.15, -0.1) is 0 Å². The van der Waals surface area contributed by atoms with Crippen LogP contribution in [0.25, 0.3) is 0 Å². The van der Waals surface area contributed by atoms with Gasteiger partial charge in [-0.2, -0.15) is 0 Å². The van der Waals surface area contributed by atoms with E-state index >= 15 is 0 Å². The van der Waals surface area contributed by atoms with Crippen molar-refractivity contribution in [1.29, 1.82) is 0 Å². The van der Waals surface area contributed by atoms with Gasteiger partial charge >= 0.3 is 6.03 Å². The molecule has 0 aromatic heterocycles. The monoisotopic (exact) mass is 290 g/mol. The molecule has 4 heteroatoms. The van der Waals surface area contributed by atoms with Crippen LogP contribution in [0, 0.1) is 16.6 Å². The Hall–Kier alpha value is -1.58. The first-order valence-corrected chi connectivity index (χ1v) is 7.60. The first-order valence-electron chi connectivity index (χ1n) is 7.60. The zero-order chi connectivity index (χ0) is 15.3. The number of halogens is 1. The number of nitrogens with zero attached hydrogens (tertiary/aromatic N) is 1. The van der Waals surface area contributed by atoms with E-state index in [1.54, 1.807) is 12.1 Å². The van der Waals surface area contributed by atoms with Crippen LogP contribution in [0.1, 0.15) is 40.0 Å². The predicted octanol–water partition coefficient (Wildman–Crippen LogP) is 4.26. The van der Waals surface area contributed by atoms with Crippen molar-refractivity contribution in [2.75, 3.05) is 11.9 Å². The van der Waals surface area contributed by atoms with E-state index in [1.807, 2.05) is 4.90 Å². The van der Waals surface area contributed by atoms with Crippen LogP contribution in [-0.4, -0.2) is 23.5 Å². The average molecular weight is 290 g/mol. The highest BCUT2D eigenvalue weighted by molar-refractivity contribution is 5.89. The summed E-state index contributed by atoms with van der Waals surface area (Å²) in [6.07, 6.45) is 3.27. The molecular weight excluding hydrogens is 267 g/mol. The van der Waals surface area contributed by atoms with Crippen LogP contribution in [0.4, 0.5) is 14.9 Å². The number of amides is 2. The summed E-state index contributed by atoms with van der Waals surface area (Å²) in [5.41, 5.74) is 1.02. The van der Waals surface area contributed by atoms with E-state index in [1.165, 1.54) is 12.1 Å². The lowest BCUT2D eigenvalue weighted by atomic mass is 9.65. The number of carbonyl (C=O) groups is 1. The topological polar surface area (TPSA) is 32.3 Å². The van der Waals surface area contributed by atoms with Gasteiger partial charge in [0.15, 0.2) is 0 Å². The standard InChI is InChI=1S/C17H23FN2O/c1-16(2)8-14-9-17(3,10-16)11-20(14)15(21)19-13-6-4-5-12(18)7-13/h4-7,14H,8-11H2,1-3H3,(H,19,21). The molecule has 1 aliphatic carbocycles. The van der Waals surface area contributed by atoms with E-state index < -0.39 is 0 Å². The van der Waals surface area contributed by atoms with Gasteiger partial charge in [0.25, 0.3) is 0 Å². The lowest BCUT2D eigenvalue weighted by molar-refractivity contribution is 0.130. The van der Waals surface area contributed by atoms with Gasteiger partial charge in [0.2, 0.25) is 0 Å². The summed E-state index contributed by atoms with van der Waals surface area (Å²) < 4.78 is 13.2. The van der Waals surface area contributed by atoms with E-state index in [9.17, 15) is 9.18 Å². The Balaban J connectivity index is 1.74. The van der Waals surface area contributed by atoms with Gasteiger partial charge in [0.05, 0.1) is 0 Å². The van der Waals surface area contributed by atoms with Crippen LogP contribution >= 0.6 is 0 Å². The number of carbonyl (C=O) groups excluding carboxylic acids is 1. The Morgan fingerprint density at radius 2 is 2.10 bits per heavy atom. The quantitative estimate of drug-likeness (QED) is 0.823. The summed E-state index contributed by atoms with van der Waals surface area (Å²) in [5.74, 6) is -0.332. The highest BCUT2D eigenvalue weighted by Crippen LogP contribution is 2.52. The van der Waals surface area contributed by atoms with Crippen LogP contribution in [0.15, 0.2) is 24.3 Å². The third-order valence-electron chi connectivity index (χ3n) is 4.75. The Labute approximate surface area is 125 Å². The van der Waals surface area contributed by atoms with Gasteiger partial charge in [-0.1, -0.05) is 26.8 Å². The second-order valence-corrected chi connectivity index (χ2v) is 7.78. The molecule has 3 nitrogen and oxygen atoms in total. The van der Waals surface area contributed by atoms with Crippen molar-refractivity contribution in [2.24, 2.45) is 10.8 Å². The van der Waals surface area contributed by atoms with Crippen LogP contribution in [-0.2, 0) is 0 Å². The van der Waals surface area contributed by atoms with E-state index in [-0.39, 0.29) is 22.7 Å².